The molecule has 1 aromatic heterocycles. The molecule has 174 valence electrons. The van der Waals surface area contributed by atoms with E-state index in [9.17, 15) is 19.7 Å². The number of nitro groups is 1. The molecule has 4 aromatic rings. The number of carbonyl (C=O) groups is 2. The highest BCUT2D eigenvalue weighted by atomic mass is 35.5. The van der Waals surface area contributed by atoms with Crippen LogP contribution in [0.4, 0.5) is 11.4 Å². The van der Waals surface area contributed by atoms with Crippen LogP contribution >= 0.6 is 23.4 Å². The maximum absolute atomic E-state index is 13.1. The van der Waals surface area contributed by atoms with Gasteiger partial charge in [-0.25, -0.2) is 4.98 Å². The summed E-state index contributed by atoms with van der Waals surface area (Å²) in [6, 6.07) is 17.4. The number of anilines is 1. The maximum atomic E-state index is 13.1. The van der Waals surface area contributed by atoms with Gasteiger partial charge >= 0.3 is 0 Å². The van der Waals surface area contributed by atoms with Gasteiger partial charge in [-0.2, -0.15) is 0 Å². The third-order valence-electron chi connectivity index (χ3n) is 5.56. The predicted molar refractivity (Wildman–Crippen MR) is 134 cm³/mol. The molecule has 2 heterocycles. The quantitative estimate of drug-likeness (QED) is 0.205. The summed E-state index contributed by atoms with van der Waals surface area (Å²) < 4.78 is 2.12. The number of halogens is 1. The molecule has 0 radical (unpaired) electrons. The lowest BCUT2D eigenvalue weighted by Crippen LogP contribution is -2.17. The summed E-state index contributed by atoms with van der Waals surface area (Å²) in [5, 5.41) is 14.9. The minimum atomic E-state index is -0.655. The number of nitrogens with zero attached hydrogens (tertiary/aromatic N) is 3. The summed E-state index contributed by atoms with van der Waals surface area (Å²) in [6.45, 7) is 0.947. The fourth-order valence-corrected chi connectivity index (χ4v) is 4.93. The van der Waals surface area contributed by atoms with Crippen LogP contribution in [0.5, 0.6) is 0 Å². The van der Waals surface area contributed by atoms with Crippen molar-refractivity contribution >= 4 is 46.4 Å². The Hall–Kier alpha value is -3.95. The Morgan fingerprint density at radius 3 is 2.51 bits per heavy atom. The van der Waals surface area contributed by atoms with Crippen molar-refractivity contribution in [2.75, 3.05) is 11.1 Å². The van der Waals surface area contributed by atoms with Crippen molar-refractivity contribution in [3.05, 3.63) is 105 Å². The Morgan fingerprint density at radius 2 is 1.80 bits per heavy atom. The van der Waals surface area contributed by atoms with Crippen molar-refractivity contribution in [1.29, 1.82) is 0 Å². The molecule has 5 rings (SSSR count). The minimum absolute atomic E-state index is 0.0656. The number of hydrogen-bond acceptors (Lipinski definition) is 6. The van der Waals surface area contributed by atoms with Crippen LogP contribution in [0.3, 0.4) is 0 Å². The monoisotopic (exact) mass is 504 g/mol. The van der Waals surface area contributed by atoms with Crippen LogP contribution in [-0.4, -0.2) is 31.9 Å². The summed E-state index contributed by atoms with van der Waals surface area (Å²) >= 11 is 7.58. The number of fused-ring (bicyclic) bond motifs is 1. The van der Waals surface area contributed by atoms with E-state index in [1.165, 1.54) is 24.3 Å². The number of ketones is 1. The van der Waals surface area contributed by atoms with E-state index in [1.807, 2.05) is 18.3 Å². The van der Waals surface area contributed by atoms with Crippen LogP contribution in [-0.2, 0) is 6.54 Å². The minimum Gasteiger partial charge on any atom is -0.325 e. The van der Waals surface area contributed by atoms with E-state index >= 15 is 0 Å². The van der Waals surface area contributed by atoms with E-state index in [1.54, 1.807) is 36.0 Å². The summed E-state index contributed by atoms with van der Waals surface area (Å²) in [6.07, 6.45) is 2.02. The molecule has 0 fully saturated rings. The molecule has 0 saturated heterocycles. The third-order valence-corrected chi connectivity index (χ3v) is 6.85. The van der Waals surface area contributed by atoms with Crippen molar-refractivity contribution in [1.82, 2.24) is 9.55 Å². The molecule has 8 nitrogen and oxygen atoms in total. The molecule has 0 unspecified atom stereocenters. The number of nitrogens with one attached hydrogen (secondary N) is 1. The normalized spacial score (nSPS) is 12.3. The van der Waals surface area contributed by atoms with Crippen molar-refractivity contribution < 1.29 is 14.5 Å². The Bertz CT molecular complexity index is 1460. The van der Waals surface area contributed by atoms with Gasteiger partial charge in [-0.1, -0.05) is 53.7 Å². The van der Waals surface area contributed by atoms with Crippen LogP contribution in [0.2, 0.25) is 5.02 Å². The van der Waals surface area contributed by atoms with Gasteiger partial charge in [0.05, 0.1) is 16.2 Å². The number of benzene rings is 3. The average molecular weight is 505 g/mol. The number of rotatable bonds is 6. The van der Waals surface area contributed by atoms with Crippen LogP contribution < -0.4 is 5.32 Å². The SMILES string of the molecule is O=C(Nc1ccc(-c2cn3c(n2)SCC3)cc1)c1ccccc1C(=O)c1ccc(Cl)c([N+](=O)[O-])c1. The molecule has 1 amide bonds. The summed E-state index contributed by atoms with van der Waals surface area (Å²) in [4.78, 5) is 41.3. The number of amides is 1. The predicted octanol–water partition coefficient (Wildman–Crippen LogP) is 5.70. The molecule has 1 aliphatic rings. The Labute approximate surface area is 209 Å². The van der Waals surface area contributed by atoms with Gasteiger partial charge in [0, 0.05) is 46.9 Å². The number of hydrogen-bond donors (Lipinski definition) is 1. The lowest BCUT2D eigenvalue weighted by atomic mass is 9.97. The first kappa shape index (κ1) is 22.8. The van der Waals surface area contributed by atoms with Gasteiger partial charge in [0.2, 0.25) is 0 Å². The summed E-state index contributed by atoms with van der Waals surface area (Å²) in [5.41, 5.74) is 2.34. The molecule has 0 spiro atoms. The van der Waals surface area contributed by atoms with Crippen molar-refractivity contribution in [3.63, 3.8) is 0 Å². The fourth-order valence-electron chi connectivity index (χ4n) is 3.80. The second kappa shape index (κ2) is 9.36. The lowest BCUT2D eigenvalue weighted by Gasteiger charge is -2.10. The zero-order chi connectivity index (χ0) is 24.5. The van der Waals surface area contributed by atoms with E-state index in [4.69, 9.17) is 11.6 Å². The number of aromatic nitrogens is 2. The first-order valence-corrected chi connectivity index (χ1v) is 12.0. The number of carbonyl (C=O) groups excluding carboxylic acids is 2. The molecule has 1 aliphatic heterocycles. The van der Waals surface area contributed by atoms with Crippen LogP contribution in [0.15, 0.2) is 78.1 Å². The molecular formula is C25H17ClN4O4S. The van der Waals surface area contributed by atoms with Crippen LogP contribution in [0.25, 0.3) is 11.3 Å². The van der Waals surface area contributed by atoms with E-state index in [0.717, 1.165) is 34.8 Å². The van der Waals surface area contributed by atoms with Crippen molar-refractivity contribution in [3.8, 4) is 11.3 Å². The highest BCUT2D eigenvalue weighted by Crippen LogP contribution is 2.30. The number of nitro benzene ring substituents is 1. The first-order chi connectivity index (χ1) is 16.9. The van der Waals surface area contributed by atoms with Gasteiger partial charge in [0.15, 0.2) is 10.9 Å². The molecule has 0 atom stereocenters. The maximum Gasteiger partial charge on any atom is 0.288 e. The highest BCUT2D eigenvalue weighted by molar-refractivity contribution is 7.99. The molecule has 1 N–H and O–H groups in total. The van der Waals surface area contributed by atoms with Gasteiger partial charge in [0.25, 0.3) is 11.6 Å². The average Bonchev–Trinajstić information content (AvgIpc) is 3.47. The summed E-state index contributed by atoms with van der Waals surface area (Å²) in [5.74, 6) is 0.0472. The van der Waals surface area contributed by atoms with E-state index < -0.39 is 16.6 Å². The van der Waals surface area contributed by atoms with Gasteiger partial charge in [0.1, 0.15) is 5.02 Å². The highest BCUT2D eigenvalue weighted by Gasteiger charge is 2.22. The second-order valence-electron chi connectivity index (χ2n) is 7.78. The van der Waals surface area contributed by atoms with E-state index in [0.29, 0.717) is 5.69 Å². The van der Waals surface area contributed by atoms with Crippen molar-refractivity contribution in [2.45, 2.75) is 11.7 Å². The largest absolute Gasteiger partial charge is 0.325 e. The summed E-state index contributed by atoms with van der Waals surface area (Å²) in [7, 11) is 0. The van der Waals surface area contributed by atoms with E-state index in [-0.39, 0.29) is 27.4 Å². The topological polar surface area (TPSA) is 107 Å². The third kappa shape index (κ3) is 4.55. The molecule has 0 aliphatic carbocycles. The Balaban J connectivity index is 1.36. The standard InChI is InChI=1S/C25H17ClN4O4S/c26-20-10-7-16(13-22(20)30(33)34)23(31)18-3-1-2-4-19(18)24(32)27-17-8-5-15(6-9-17)21-14-29-11-12-35-25(29)28-21/h1-10,13-14H,11-12H2,(H,27,32). The molecule has 0 saturated carbocycles. The van der Waals surface area contributed by atoms with Gasteiger partial charge in [-0.3, -0.25) is 19.7 Å². The first-order valence-electron chi connectivity index (χ1n) is 10.6. The van der Waals surface area contributed by atoms with Gasteiger partial charge in [-0.05, 0) is 30.3 Å². The van der Waals surface area contributed by atoms with Crippen LogP contribution in [0.1, 0.15) is 26.3 Å². The molecular weight excluding hydrogens is 488 g/mol. The Morgan fingerprint density at radius 1 is 1.06 bits per heavy atom. The molecule has 10 heteroatoms. The molecule has 35 heavy (non-hydrogen) atoms. The van der Waals surface area contributed by atoms with E-state index in [2.05, 4.69) is 14.9 Å². The Kier molecular flexibility index (Phi) is 6.10. The molecule has 3 aromatic carbocycles. The lowest BCUT2D eigenvalue weighted by molar-refractivity contribution is -0.384. The number of aryl methyl sites for hydroxylation is 1. The number of imidazole rings is 1. The molecule has 0 bridgehead atoms. The fraction of sp³-hybridized carbons (Fsp3) is 0.0800. The second-order valence-corrected chi connectivity index (χ2v) is 9.25. The van der Waals surface area contributed by atoms with Gasteiger partial charge in [-0.15, -0.1) is 0 Å². The van der Waals surface area contributed by atoms with Crippen molar-refractivity contribution in [2.24, 2.45) is 0 Å². The smallest absolute Gasteiger partial charge is 0.288 e. The van der Waals surface area contributed by atoms with Gasteiger partial charge < -0.3 is 9.88 Å². The zero-order valence-electron chi connectivity index (χ0n) is 18.1. The van der Waals surface area contributed by atoms with Crippen LogP contribution in [0, 0.1) is 10.1 Å². The number of thioether (sulfide) groups is 1. The zero-order valence-corrected chi connectivity index (χ0v) is 19.7.